The predicted molar refractivity (Wildman–Crippen MR) is 68.1 cm³/mol. The number of carbonyl (C=O) groups is 2. The number of likely N-dealkylation sites (N-methyl/N-ethyl adjacent to an activating group) is 1. The number of carbonyl (C=O) groups excluding carboxylic acids is 1. The number of nitrogens with one attached hydrogen (secondary N) is 1. The molecule has 2 N–H and O–H groups in total. The third-order valence-corrected chi connectivity index (χ3v) is 2.54. The second-order valence-corrected chi connectivity index (χ2v) is 4.43. The maximum Gasteiger partial charge on any atom is 0.317 e. The smallest absolute Gasteiger partial charge is 0.317 e. The summed E-state index contributed by atoms with van der Waals surface area (Å²) < 4.78 is 13.3. The van der Waals surface area contributed by atoms with Gasteiger partial charge in [0.1, 0.15) is 5.82 Å². The molecule has 0 saturated heterocycles. The predicted octanol–water partition coefficient (Wildman–Crippen LogP) is 0.767. The Kier molecular flexibility index (Phi) is 5.44. The molecule has 1 amide bonds. The van der Waals surface area contributed by atoms with Crippen LogP contribution in [0.25, 0.3) is 0 Å². The molecule has 1 aromatic carbocycles. The molecule has 0 heterocycles. The van der Waals surface area contributed by atoms with Gasteiger partial charge in [0.15, 0.2) is 0 Å². The van der Waals surface area contributed by atoms with Crippen molar-refractivity contribution in [2.45, 2.75) is 13.5 Å². The monoisotopic (exact) mass is 268 g/mol. The van der Waals surface area contributed by atoms with Crippen LogP contribution >= 0.6 is 0 Å². The first-order valence-corrected chi connectivity index (χ1v) is 5.80. The minimum Gasteiger partial charge on any atom is -0.480 e. The van der Waals surface area contributed by atoms with Gasteiger partial charge in [-0.25, -0.2) is 4.39 Å². The summed E-state index contributed by atoms with van der Waals surface area (Å²) in [5, 5.41) is 11.2. The SMILES string of the molecule is Cc1ccc(CNC(=O)CN(C)CC(=O)O)cc1F. The number of carboxylic acids is 1. The number of carboxylic acid groups (broad SMARTS) is 1. The summed E-state index contributed by atoms with van der Waals surface area (Å²) in [4.78, 5) is 23.3. The van der Waals surface area contributed by atoms with E-state index in [2.05, 4.69) is 5.32 Å². The van der Waals surface area contributed by atoms with E-state index in [1.807, 2.05) is 0 Å². The maximum absolute atomic E-state index is 13.3. The normalized spacial score (nSPS) is 10.5. The molecule has 0 aromatic heterocycles. The lowest BCUT2D eigenvalue weighted by Gasteiger charge is -2.13. The molecule has 0 atom stereocenters. The number of halogens is 1. The summed E-state index contributed by atoms with van der Waals surface area (Å²) in [6.07, 6.45) is 0. The van der Waals surface area contributed by atoms with Crippen molar-refractivity contribution >= 4 is 11.9 Å². The van der Waals surface area contributed by atoms with Gasteiger partial charge in [0.25, 0.3) is 0 Å². The van der Waals surface area contributed by atoms with E-state index in [4.69, 9.17) is 5.11 Å². The lowest BCUT2D eigenvalue weighted by Crippen LogP contribution is -2.37. The highest BCUT2D eigenvalue weighted by Crippen LogP contribution is 2.08. The molecule has 0 aliphatic rings. The molecule has 0 unspecified atom stereocenters. The van der Waals surface area contributed by atoms with Crippen molar-refractivity contribution in [1.29, 1.82) is 0 Å². The van der Waals surface area contributed by atoms with Gasteiger partial charge in [-0.1, -0.05) is 12.1 Å². The molecule has 1 aromatic rings. The zero-order valence-corrected chi connectivity index (χ0v) is 10.9. The molecule has 0 spiro atoms. The fourth-order valence-electron chi connectivity index (χ4n) is 1.53. The summed E-state index contributed by atoms with van der Waals surface area (Å²) in [5.74, 6) is -1.60. The van der Waals surface area contributed by atoms with Gasteiger partial charge in [0.2, 0.25) is 5.91 Å². The van der Waals surface area contributed by atoms with Crippen LogP contribution in [0.3, 0.4) is 0 Å². The number of rotatable bonds is 6. The summed E-state index contributed by atoms with van der Waals surface area (Å²) >= 11 is 0. The molecule has 19 heavy (non-hydrogen) atoms. The lowest BCUT2D eigenvalue weighted by molar-refractivity contribution is -0.138. The van der Waals surface area contributed by atoms with Crippen molar-refractivity contribution in [2.75, 3.05) is 20.1 Å². The first-order valence-electron chi connectivity index (χ1n) is 5.80. The Morgan fingerprint density at radius 3 is 2.63 bits per heavy atom. The van der Waals surface area contributed by atoms with E-state index in [1.54, 1.807) is 26.1 Å². The zero-order chi connectivity index (χ0) is 14.4. The first-order chi connectivity index (χ1) is 8.88. The third kappa shape index (κ3) is 5.48. The topological polar surface area (TPSA) is 69.6 Å². The number of amides is 1. The van der Waals surface area contributed by atoms with Crippen molar-refractivity contribution in [3.63, 3.8) is 0 Å². The molecular weight excluding hydrogens is 251 g/mol. The first kappa shape index (κ1) is 15.1. The van der Waals surface area contributed by atoms with Crippen LogP contribution in [0.15, 0.2) is 18.2 Å². The molecule has 6 heteroatoms. The van der Waals surface area contributed by atoms with Gasteiger partial charge < -0.3 is 10.4 Å². The fourth-order valence-corrected chi connectivity index (χ4v) is 1.53. The molecule has 104 valence electrons. The van der Waals surface area contributed by atoms with Crippen LogP contribution in [-0.2, 0) is 16.1 Å². The van der Waals surface area contributed by atoms with E-state index in [9.17, 15) is 14.0 Å². The van der Waals surface area contributed by atoms with Gasteiger partial charge in [-0.05, 0) is 31.2 Å². The third-order valence-electron chi connectivity index (χ3n) is 2.54. The van der Waals surface area contributed by atoms with Crippen LogP contribution in [0.5, 0.6) is 0 Å². The van der Waals surface area contributed by atoms with Gasteiger partial charge >= 0.3 is 5.97 Å². The number of aliphatic carboxylic acids is 1. The van der Waals surface area contributed by atoms with Crippen LogP contribution < -0.4 is 5.32 Å². The van der Waals surface area contributed by atoms with Gasteiger partial charge in [-0.3, -0.25) is 14.5 Å². The Morgan fingerprint density at radius 2 is 2.05 bits per heavy atom. The fraction of sp³-hybridized carbons (Fsp3) is 0.385. The minimum absolute atomic E-state index is 0.0133. The lowest BCUT2D eigenvalue weighted by atomic mass is 10.1. The Balaban J connectivity index is 2.41. The highest BCUT2D eigenvalue weighted by Gasteiger charge is 2.09. The Labute approximate surface area is 111 Å². The minimum atomic E-state index is -0.990. The number of hydrogen-bond acceptors (Lipinski definition) is 3. The van der Waals surface area contributed by atoms with E-state index < -0.39 is 5.97 Å². The van der Waals surface area contributed by atoms with Gasteiger partial charge in [-0.2, -0.15) is 0 Å². The molecule has 0 aliphatic heterocycles. The molecule has 0 fully saturated rings. The Morgan fingerprint density at radius 1 is 1.37 bits per heavy atom. The van der Waals surface area contributed by atoms with Crippen molar-refractivity contribution in [1.82, 2.24) is 10.2 Å². The molecule has 0 bridgehead atoms. The van der Waals surface area contributed by atoms with Crippen LogP contribution in [0.4, 0.5) is 4.39 Å². The van der Waals surface area contributed by atoms with Crippen LogP contribution in [0, 0.1) is 12.7 Å². The molecule has 5 nitrogen and oxygen atoms in total. The van der Waals surface area contributed by atoms with E-state index in [1.165, 1.54) is 11.0 Å². The maximum atomic E-state index is 13.3. The average molecular weight is 268 g/mol. The molecule has 0 aliphatic carbocycles. The van der Waals surface area contributed by atoms with Crippen molar-refractivity contribution in [3.8, 4) is 0 Å². The van der Waals surface area contributed by atoms with E-state index in [0.717, 1.165) is 0 Å². The second-order valence-electron chi connectivity index (χ2n) is 4.43. The van der Waals surface area contributed by atoms with Crippen molar-refractivity contribution in [3.05, 3.63) is 35.1 Å². The number of nitrogens with zero attached hydrogens (tertiary/aromatic N) is 1. The Hall–Kier alpha value is -1.95. The molecule has 1 rings (SSSR count). The number of aryl methyl sites for hydroxylation is 1. The van der Waals surface area contributed by atoms with Crippen LogP contribution in [0.2, 0.25) is 0 Å². The van der Waals surface area contributed by atoms with Crippen molar-refractivity contribution < 1.29 is 19.1 Å². The summed E-state index contributed by atoms with van der Waals surface area (Å²) in [6.45, 7) is 1.67. The summed E-state index contributed by atoms with van der Waals surface area (Å²) in [7, 11) is 1.54. The zero-order valence-electron chi connectivity index (χ0n) is 10.9. The van der Waals surface area contributed by atoms with E-state index in [0.29, 0.717) is 11.1 Å². The summed E-state index contributed by atoms with van der Waals surface area (Å²) in [5.41, 5.74) is 1.22. The molecule has 0 radical (unpaired) electrons. The largest absolute Gasteiger partial charge is 0.480 e. The molecular formula is C13H17FN2O3. The second kappa shape index (κ2) is 6.84. The van der Waals surface area contributed by atoms with Crippen LogP contribution in [0.1, 0.15) is 11.1 Å². The van der Waals surface area contributed by atoms with E-state index >= 15 is 0 Å². The highest BCUT2D eigenvalue weighted by molar-refractivity contribution is 5.78. The van der Waals surface area contributed by atoms with E-state index in [-0.39, 0.29) is 31.4 Å². The van der Waals surface area contributed by atoms with Gasteiger partial charge in [-0.15, -0.1) is 0 Å². The average Bonchev–Trinajstić information content (AvgIpc) is 2.29. The highest BCUT2D eigenvalue weighted by atomic mass is 19.1. The van der Waals surface area contributed by atoms with Gasteiger partial charge in [0.05, 0.1) is 13.1 Å². The quantitative estimate of drug-likeness (QED) is 0.799. The molecule has 0 saturated carbocycles. The number of hydrogen-bond donors (Lipinski definition) is 2. The van der Waals surface area contributed by atoms with Crippen LogP contribution in [-0.4, -0.2) is 42.0 Å². The van der Waals surface area contributed by atoms with Crippen molar-refractivity contribution in [2.24, 2.45) is 0 Å². The summed E-state index contributed by atoms with van der Waals surface area (Å²) in [6, 6.07) is 4.75. The van der Waals surface area contributed by atoms with Gasteiger partial charge in [0, 0.05) is 6.54 Å². The number of benzene rings is 1. The standard InChI is InChI=1S/C13H17FN2O3/c1-9-3-4-10(5-11(9)14)6-15-12(17)7-16(2)8-13(18)19/h3-5H,6-8H2,1-2H3,(H,15,17)(H,18,19). The Bertz CT molecular complexity index is 477.